The second kappa shape index (κ2) is 11.2. The standard InChI is InChI=1S/C31H28N2O3/c1-4-35-30-18-23(17-26(19-32)31(34)33-28-14-7-9-21(2)22(28)3)15-16-29(30)36-20-25-12-8-11-24-10-5-6-13-27(24)25/h5-18H,4,20H2,1-3H3,(H,33,34)/b26-17+. The summed E-state index contributed by atoms with van der Waals surface area (Å²) in [6.45, 7) is 6.65. The van der Waals surface area contributed by atoms with Crippen molar-refractivity contribution in [1.82, 2.24) is 0 Å². The molecule has 0 unspecified atom stereocenters. The second-order valence-electron chi connectivity index (χ2n) is 8.44. The predicted octanol–water partition coefficient (Wildman–Crippen LogP) is 6.98. The zero-order chi connectivity index (χ0) is 25.5. The Hall–Kier alpha value is -4.56. The van der Waals surface area contributed by atoms with Gasteiger partial charge in [-0.1, -0.05) is 60.7 Å². The third kappa shape index (κ3) is 5.56. The number of fused-ring (bicyclic) bond motifs is 1. The Morgan fingerprint density at radius 1 is 0.944 bits per heavy atom. The number of amides is 1. The topological polar surface area (TPSA) is 71.3 Å². The number of nitrogens with one attached hydrogen (secondary N) is 1. The lowest BCUT2D eigenvalue weighted by molar-refractivity contribution is -0.112. The first-order valence-electron chi connectivity index (χ1n) is 11.9. The first-order chi connectivity index (χ1) is 17.5. The molecule has 4 rings (SSSR count). The average Bonchev–Trinajstić information content (AvgIpc) is 2.89. The van der Waals surface area contributed by atoms with Gasteiger partial charge in [0.15, 0.2) is 11.5 Å². The quantitative estimate of drug-likeness (QED) is 0.220. The maximum atomic E-state index is 12.8. The van der Waals surface area contributed by atoms with Gasteiger partial charge in [-0.15, -0.1) is 0 Å². The van der Waals surface area contributed by atoms with Crippen LogP contribution in [0.3, 0.4) is 0 Å². The summed E-state index contributed by atoms with van der Waals surface area (Å²) in [5.74, 6) is 0.694. The number of hydrogen-bond donors (Lipinski definition) is 1. The van der Waals surface area contributed by atoms with Gasteiger partial charge in [0.05, 0.1) is 6.61 Å². The maximum Gasteiger partial charge on any atom is 0.266 e. The molecule has 36 heavy (non-hydrogen) atoms. The Kier molecular flexibility index (Phi) is 7.67. The first-order valence-corrected chi connectivity index (χ1v) is 11.9. The lowest BCUT2D eigenvalue weighted by Crippen LogP contribution is -2.14. The summed E-state index contributed by atoms with van der Waals surface area (Å²) in [7, 11) is 0. The van der Waals surface area contributed by atoms with Crippen molar-refractivity contribution in [2.24, 2.45) is 0 Å². The van der Waals surface area contributed by atoms with Gasteiger partial charge in [-0.05, 0) is 78.1 Å². The van der Waals surface area contributed by atoms with Crippen LogP contribution < -0.4 is 14.8 Å². The number of carbonyl (C=O) groups is 1. The summed E-state index contributed by atoms with van der Waals surface area (Å²) in [4.78, 5) is 12.8. The van der Waals surface area contributed by atoms with Crippen molar-refractivity contribution in [2.75, 3.05) is 11.9 Å². The first kappa shape index (κ1) is 24.6. The largest absolute Gasteiger partial charge is 0.490 e. The number of nitrogens with zero attached hydrogens (tertiary/aromatic N) is 1. The van der Waals surface area contributed by atoms with E-state index in [2.05, 4.69) is 23.5 Å². The van der Waals surface area contributed by atoms with Crippen LogP contribution in [-0.4, -0.2) is 12.5 Å². The molecular formula is C31H28N2O3. The smallest absolute Gasteiger partial charge is 0.266 e. The molecule has 0 aliphatic carbocycles. The highest BCUT2D eigenvalue weighted by Crippen LogP contribution is 2.31. The highest BCUT2D eigenvalue weighted by Gasteiger charge is 2.13. The zero-order valence-electron chi connectivity index (χ0n) is 20.7. The van der Waals surface area contributed by atoms with Gasteiger partial charge in [-0.3, -0.25) is 4.79 Å². The summed E-state index contributed by atoms with van der Waals surface area (Å²) >= 11 is 0. The highest BCUT2D eigenvalue weighted by molar-refractivity contribution is 6.10. The molecular weight excluding hydrogens is 448 g/mol. The molecule has 5 heteroatoms. The minimum Gasteiger partial charge on any atom is -0.490 e. The molecule has 1 N–H and O–H groups in total. The Labute approximate surface area is 211 Å². The summed E-state index contributed by atoms with van der Waals surface area (Å²) in [6, 6.07) is 27.4. The van der Waals surface area contributed by atoms with Gasteiger partial charge in [0.1, 0.15) is 18.2 Å². The second-order valence-corrected chi connectivity index (χ2v) is 8.44. The summed E-state index contributed by atoms with van der Waals surface area (Å²) < 4.78 is 11.9. The van der Waals surface area contributed by atoms with Crippen LogP contribution in [0.4, 0.5) is 5.69 Å². The van der Waals surface area contributed by atoms with E-state index in [1.54, 1.807) is 18.2 Å². The normalized spacial score (nSPS) is 11.1. The Balaban J connectivity index is 1.55. The summed E-state index contributed by atoms with van der Waals surface area (Å²) in [5, 5.41) is 14.8. The average molecular weight is 477 g/mol. The molecule has 1 amide bonds. The van der Waals surface area contributed by atoms with Gasteiger partial charge < -0.3 is 14.8 Å². The molecule has 0 heterocycles. The van der Waals surface area contributed by atoms with Crippen LogP contribution in [0, 0.1) is 25.2 Å². The van der Waals surface area contributed by atoms with E-state index in [0.29, 0.717) is 36.0 Å². The van der Waals surface area contributed by atoms with Crippen LogP contribution in [0.5, 0.6) is 11.5 Å². The van der Waals surface area contributed by atoms with Crippen molar-refractivity contribution in [1.29, 1.82) is 5.26 Å². The van der Waals surface area contributed by atoms with E-state index >= 15 is 0 Å². The Bertz CT molecular complexity index is 1480. The predicted molar refractivity (Wildman–Crippen MR) is 144 cm³/mol. The zero-order valence-corrected chi connectivity index (χ0v) is 20.7. The SMILES string of the molecule is CCOc1cc(/C=C(\C#N)C(=O)Nc2cccc(C)c2C)ccc1OCc1cccc2ccccc12. The summed E-state index contributed by atoms with van der Waals surface area (Å²) in [6.07, 6.45) is 1.55. The van der Waals surface area contributed by atoms with Crippen molar-refractivity contribution >= 4 is 28.4 Å². The number of rotatable bonds is 8. The van der Waals surface area contributed by atoms with Crippen LogP contribution in [0.25, 0.3) is 16.8 Å². The molecule has 0 aliphatic rings. The minimum absolute atomic E-state index is 0.00257. The summed E-state index contributed by atoms with van der Waals surface area (Å²) in [5.41, 5.74) is 4.47. The van der Waals surface area contributed by atoms with Gasteiger partial charge >= 0.3 is 0 Å². The lowest BCUT2D eigenvalue weighted by atomic mass is 10.1. The lowest BCUT2D eigenvalue weighted by Gasteiger charge is -2.14. The van der Waals surface area contributed by atoms with Crippen molar-refractivity contribution in [3.8, 4) is 17.6 Å². The molecule has 0 bridgehead atoms. The van der Waals surface area contributed by atoms with E-state index in [0.717, 1.165) is 27.5 Å². The number of ether oxygens (including phenoxy) is 2. The van der Waals surface area contributed by atoms with Gasteiger partial charge in [0.2, 0.25) is 0 Å². The third-order valence-electron chi connectivity index (χ3n) is 6.06. The van der Waals surface area contributed by atoms with E-state index in [-0.39, 0.29) is 5.57 Å². The number of benzene rings is 4. The van der Waals surface area contributed by atoms with Gasteiger partial charge in [0, 0.05) is 5.69 Å². The number of nitriles is 1. The number of anilines is 1. The fourth-order valence-electron chi connectivity index (χ4n) is 3.97. The van der Waals surface area contributed by atoms with Crippen molar-refractivity contribution in [3.05, 3.63) is 107 Å². The highest BCUT2D eigenvalue weighted by atomic mass is 16.5. The molecule has 4 aromatic rings. The van der Waals surface area contributed by atoms with E-state index in [4.69, 9.17) is 9.47 Å². The number of aryl methyl sites for hydroxylation is 1. The molecule has 0 spiro atoms. The molecule has 4 aromatic carbocycles. The van der Waals surface area contributed by atoms with Gasteiger partial charge in [0.25, 0.3) is 5.91 Å². The Morgan fingerprint density at radius 3 is 2.53 bits per heavy atom. The van der Waals surface area contributed by atoms with Crippen LogP contribution in [0.1, 0.15) is 29.2 Å². The van der Waals surface area contributed by atoms with Crippen molar-refractivity contribution in [3.63, 3.8) is 0 Å². The molecule has 0 fully saturated rings. The van der Waals surface area contributed by atoms with Crippen LogP contribution >= 0.6 is 0 Å². The Morgan fingerprint density at radius 2 is 1.72 bits per heavy atom. The molecule has 180 valence electrons. The van der Waals surface area contributed by atoms with Crippen LogP contribution in [-0.2, 0) is 11.4 Å². The minimum atomic E-state index is -0.458. The molecule has 0 aliphatic heterocycles. The van der Waals surface area contributed by atoms with Crippen LogP contribution in [0.15, 0.2) is 84.4 Å². The van der Waals surface area contributed by atoms with Crippen molar-refractivity contribution in [2.45, 2.75) is 27.4 Å². The number of carbonyl (C=O) groups excluding carboxylic acids is 1. The number of hydrogen-bond acceptors (Lipinski definition) is 4. The molecule has 0 atom stereocenters. The van der Waals surface area contributed by atoms with E-state index < -0.39 is 5.91 Å². The van der Waals surface area contributed by atoms with E-state index in [1.807, 2.05) is 75.4 Å². The molecule has 0 aromatic heterocycles. The molecule has 0 radical (unpaired) electrons. The van der Waals surface area contributed by atoms with Crippen molar-refractivity contribution < 1.29 is 14.3 Å². The van der Waals surface area contributed by atoms with E-state index in [9.17, 15) is 10.1 Å². The fraction of sp³-hybridized carbons (Fsp3) is 0.161. The fourth-order valence-corrected chi connectivity index (χ4v) is 3.97. The van der Waals surface area contributed by atoms with Gasteiger partial charge in [-0.2, -0.15) is 5.26 Å². The molecule has 0 saturated heterocycles. The maximum absolute atomic E-state index is 12.8. The molecule has 0 saturated carbocycles. The van der Waals surface area contributed by atoms with Gasteiger partial charge in [-0.25, -0.2) is 0 Å². The third-order valence-corrected chi connectivity index (χ3v) is 6.06. The molecule has 5 nitrogen and oxygen atoms in total. The van der Waals surface area contributed by atoms with Crippen LogP contribution in [0.2, 0.25) is 0 Å². The van der Waals surface area contributed by atoms with E-state index in [1.165, 1.54) is 0 Å². The monoisotopic (exact) mass is 476 g/mol.